The van der Waals surface area contributed by atoms with Crippen molar-refractivity contribution in [2.24, 2.45) is 11.8 Å². The molecule has 2 rings (SSSR count). The summed E-state index contributed by atoms with van der Waals surface area (Å²) in [7, 11) is 0. The van der Waals surface area contributed by atoms with Gasteiger partial charge < -0.3 is 14.5 Å². The third-order valence-electron chi connectivity index (χ3n) is 3.42. The summed E-state index contributed by atoms with van der Waals surface area (Å²) in [6, 6.07) is 0.210. The van der Waals surface area contributed by atoms with E-state index in [0.29, 0.717) is 25.0 Å². The van der Waals surface area contributed by atoms with Crippen LogP contribution in [0.5, 0.6) is 0 Å². The zero-order valence-corrected chi connectivity index (χ0v) is 10.3. The minimum absolute atomic E-state index is 0.210. The van der Waals surface area contributed by atoms with Gasteiger partial charge in [-0.3, -0.25) is 0 Å². The number of morpholine rings is 1. The summed E-state index contributed by atoms with van der Waals surface area (Å²) < 4.78 is 5.27. The summed E-state index contributed by atoms with van der Waals surface area (Å²) in [5, 5.41) is 0. The van der Waals surface area contributed by atoms with Crippen molar-refractivity contribution in [3.8, 4) is 0 Å². The number of carbonyl (C=O) groups excluding carboxylic acids is 1. The molecule has 0 aromatic rings. The lowest BCUT2D eigenvalue weighted by Gasteiger charge is -2.39. The SMILES string of the molecule is CC1CC(C)CN(C(=O)N2CCOCC2)C1. The lowest BCUT2D eigenvalue weighted by molar-refractivity contribution is 0.0366. The normalized spacial score (nSPS) is 31.6. The number of piperidine rings is 1. The predicted molar refractivity (Wildman–Crippen MR) is 62.3 cm³/mol. The molecule has 0 aliphatic carbocycles. The van der Waals surface area contributed by atoms with Gasteiger partial charge in [0.1, 0.15) is 0 Å². The van der Waals surface area contributed by atoms with Crippen LogP contribution in [0, 0.1) is 11.8 Å². The summed E-state index contributed by atoms with van der Waals surface area (Å²) in [5.74, 6) is 1.27. The summed E-state index contributed by atoms with van der Waals surface area (Å²) >= 11 is 0. The molecule has 2 heterocycles. The topological polar surface area (TPSA) is 32.8 Å². The first kappa shape index (κ1) is 11.7. The molecule has 2 aliphatic rings. The van der Waals surface area contributed by atoms with Crippen LogP contribution < -0.4 is 0 Å². The number of hydrogen-bond donors (Lipinski definition) is 0. The molecule has 0 bridgehead atoms. The van der Waals surface area contributed by atoms with Gasteiger partial charge in [0.25, 0.3) is 0 Å². The van der Waals surface area contributed by atoms with Gasteiger partial charge >= 0.3 is 6.03 Å². The van der Waals surface area contributed by atoms with Gasteiger partial charge in [-0.2, -0.15) is 0 Å². The van der Waals surface area contributed by atoms with Crippen LogP contribution in [-0.4, -0.2) is 55.2 Å². The molecular weight excluding hydrogens is 204 g/mol. The molecule has 2 aliphatic heterocycles. The van der Waals surface area contributed by atoms with Crippen molar-refractivity contribution in [1.29, 1.82) is 0 Å². The second-order valence-corrected chi connectivity index (χ2v) is 5.23. The maximum Gasteiger partial charge on any atom is 0.320 e. The number of ether oxygens (including phenoxy) is 1. The highest BCUT2D eigenvalue weighted by Gasteiger charge is 2.29. The van der Waals surface area contributed by atoms with Gasteiger partial charge in [-0.15, -0.1) is 0 Å². The monoisotopic (exact) mass is 226 g/mol. The number of amides is 2. The van der Waals surface area contributed by atoms with Crippen molar-refractivity contribution in [1.82, 2.24) is 9.80 Å². The minimum Gasteiger partial charge on any atom is -0.378 e. The van der Waals surface area contributed by atoms with E-state index in [4.69, 9.17) is 4.74 Å². The molecule has 0 radical (unpaired) electrons. The van der Waals surface area contributed by atoms with Crippen molar-refractivity contribution in [2.75, 3.05) is 39.4 Å². The molecule has 2 amide bonds. The van der Waals surface area contributed by atoms with Gasteiger partial charge in [-0.05, 0) is 18.3 Å². The van der Waals surface area contributed by atoms with E-state index in [0.717, 1.165) is 26.2 Å². The Hall–Kier alpha value is -0.770. The van der Waals surface area contributed by atoms with Crippen molar-refractivity contribution >= 4 is 6.03 Å². The Bertz CT molecular complexity index is 241. The zero-order valence-electron chi connectivity index (χ0n) is 10.3. The first-order chi connectivity index (χ1) is 7.66. The quantitative estimate of drug-likeness (QED) is 0.626. The zero-order chi connectivity index (χ0) is 11.5. The van der Waals surface area contributed by atoms with E-state index < -0.39 is 0 Å². The average Bonchev–Trinajstić information content (AvgIpc) is 2.28. The Morgan fingerprint density at radius 3 is 2.19 bits per heavy atom. The number of urea groups is 1. The Morgan fingerprint density at radius 2 is 1.62 bits per heavy atom. The molecule has 2 unspecified atom stereocenters. The van der Waals surface area contributed by atoms with Gasteiger partial charge in [-0.1, -0.05) is 13.8 Å². The first-order valence-corrected chi connectivity index (χ1v) is 6.28. The van der Waals surface area contributed by atoms with Crippen molar-refractivity contribution in [2.45, 2.75) is 20.3 Å². The number of rotatable bonds is 0. The predicted octanol–water partition coefficient (Wildman–Crippen LogP) is 1.42. The average molecular weight is 226 g/mol. The van der Waals surface area contributed by atoms with E-state index in [1.165, 1.54) is 6.42 Å². The molecular formula is C12H22N2O2. The summed E-state index contributed by atoms with van der Waals surface area (Å²) in [4.78, 5) is 16.2. The second kappa shape index (κ2) is 5.04. The highest BCUT2D eigenvalue weighted by Crippen LogP contribution is 2.22. The molecule has 0 aromatic carbocycles. The van der Waals surface area contributed by atoms with E-state index in [1.807, 2.05) is 9.80 Å². The van der Waals surface area contributed by atoms with Crippen LogP contribution >= 0.6 is 0 Å². The minimum atomic E-state index is 0.210. The summed E-state index contributed by atoms with van der Waals surface area (Å²) in [6.07, 6.45) is 1.24. The van der Waals surface area contributed by atoms with Gasteiger partial charge in [0.15, 0.2) is 0 Å². The fourth-order valence-electron chi connectivity index (χ4n) is 2.77. The maximum atomic E-state index is 12.2. The molecule has 4 nitrogen and oxygen atoms in total. The molecule has 2 saturated heterocycles. The Kier molecular flexibility index (Phi) is 3.69. The number of likely N-dealkylation sites (tertiary alicyclic amines) is 1. The van der Waals surface area contributed by atoms with Crippen LogP contribution in [0.2, 0.25) is 0 Å². The number of nitrogens with zero attached hydrogens (tertiary/aromatic N) is 2. The number of carbonyl (C=O) groups is 1. The van der Waals surface area contributed by atoms with Crippen LogP contribution in [0.1, 0.15) is 20.3 Å². The van der Waals surface area contributed by atoms with Crippen LogP contribution in [-0.2, 0) is 4.74 Å². The third-order valence-corrected chi connectivity index (χ3v) is 3.42. The molecule has 2 atom stereocenters. The third kappa shape index (κ3) is 2.67. The largest absolute Gasteiger partial charge is 0.378 e. The summed E-state index contributed by atoms with van der Waals surface area (Å²) in [5.41, 5.74) is 0. The van der Waals surface area contributed by atoms with E-state index in [1.54, 1.807) is 0 Å². The fraction of sp³-hybridized carbons (Fsp3) is 0.917. The van der Waals surface area contributed by atoms with E-state index in [2.05, 4.69) is 13.8 Å². The van der Waals surface area contributed by atoms with E-state index in [-0.39, 0.29) is 6.03 Å². The lowest BCUT2D eigenvalue weighted by Crippen LogP contribution is -2.52. The smallest absolute Gasteiger partial charge is 0.320 e. The first-order valence-electron chi connectivity index (χ1n) is 6.28. The molecule has 0 spiro atoms. The van der Waals surface area contributed by atoms with Gasteiger partial charge in [0.05, 0.1) is 13.2 Å². The van der Waals surface area contributed by atoms with E-state index in [9.17, 15) is 4.79 Å². The van der Waals surface area contributed by atoms with Crippen molar-refractivity contribution in [3.63, 3.8) is 0 Å². The Balaban J connectivity index is 1.92. The highest BCUT2D eigenvalue weighted by molar-refractivity contribution is 5.74. The molecule has 2 fully saturated rings. The standard InChI is InChI=1S/C12H22N2O2/c1-10-7-11(2)9-14(8-10)12(15)13-3-5-16-6-4-13/h10-11H,3-9H2,1-2H3. The van der Waals surface area contributed by atoms with Crippen LogP contribution in [0.15, 0.2) is 0 Å². The molecule has 4 heteroatoms. The summed E-state index contributed by atoms with van der Waals surface area (Å²) in [6.45, 7) is 9.16. The highest BCUT2D eigenvalue weighted by atomic mass is 16.5. The van der Waals surface area contributed by atoms with Crippen molar-refractivity contribution in [3.05, 3.63) is 0 Å². The van der Waals surface area contributed by atoms with Crippen LogP contribution in [0.25, 0.3) is 0 Å². The van der Waals surface area contributed by atoms with Crippen LogP contribution in [0.4, 0.5) is 4.79 Å². The van der Waals surface area contributed by atoms with Crippen molar-refractivity contribution < 1.29 is 9.53 Å². The van der Waals surface area contributed by atoms with Crippen LogP contribution in [0.3, 0.4) is 0 Å². The Labute approximate surface area is 97.5 Å². The molecule has 0 aromatic heterocycles. The molecule has 16 heavy (non-hydrogen) atoms. The maximum absolute atomic E-state index is 12.2. The Morgan fingerprint density at radius 1 is 1.06 bits per heavy atom. The van der Waals surface area contributed by atoms with Gasteiger partial charge in [0, 0.05) is 26.2 Å². The van der Waals surface area contributed by atoms with E-state index >= 15 is 0 Å². The molecule has 0 saturated carbocycles. The van der Waals surface area contributed by atoms with Gasteiger partial charge in [0.2, 0.25) is 0 Å². The number of hydrogen-bond acceptors (Lipinski definition) is 2. The van der Waals surface area contributed by atoms with Gasteiger partial charge in [-0.25, -0.2) is 4.79 Å². The fourth-order valence-corrected chi connectivity index (χ4v) is 2.77. The second-order valence-electron chi connectivity index (χ2n) is 5.23. The molecule has 0 N–H and O–H groups in total. The molecule has 92 valence electrons. The lowest BCUT2D eigenvalue weighted by atomic mass is 9.92.